The van der Waals surface area contributed by atoms with E-state index in [9.17, 15) is 9.59 Å². The highest BCUT2D eigenvalue weighted by molar-refractivity contribution is 5.94. The van der Waals surface area contributed by atoms with Gasteiger partial charge in [0.1, 0.15) is 12.6 Å². The van der Waals surface area contributed by atoms with E-state index in [1.807, 2.05) is 31.2 Å². The van der Waals surface area contributed by atoms with Crippen LogP contribution in [0.15, 0.2) is 28.8 Å². The van der Waals surface area contributed by atoms with Gasteiger partial charge in [-0.2, -0.15) is 4.98 Å². The van der Waals surface area contributed by atoms with E-state index in [1.165, 1.54) is 9.80 Å². The van der Waals surface area contributed by atoms with Crippen molar-refractivity contribution in [3.63, 3.8) is 0 Å². The van der Waals surface area contributed by atoms with Crippen molar-refractivity contribution in [1.82, 2.24) is 19.9 Å². The van der Waals surface area contributed by atoms with Gasteiger partial charge < -0.3 is 19.1 Å². The van der Waals surface area contributed by atoms with E-state index in [1.54, 1.807) is 14.0 Å². The molecule has 1 aromatic carbocycles. The van der Waals surface area contributed by atoms with Crippen LogP contribution in [0.2, 0.25) is 0 Å². The third-order valence-corrected chi connectivity index (χ3v) is 4.43. The summed E-state index contributed by atoms with van der Waals surface area (Å²) in [5, 5.41) is 3.97. The molecule has 0 spiro atoms. The third-order valence-electron chi connectivity index (χ3n) is 4.43. The van der Waals surface area contributed by atoms with Gasteiger partial charge in [-0.3, -0.25) is 9.59 Å². The summed E-state index contributed by atoms with van der Waals surface area (Å²) in [6.07, 6.45) is 0. The molecule has 0 unspecified atom stereocenters. The standard InChI is InChI=1S/C18H22N4O4/c1-12-4-6-14(7-5-12)17-19-15(26-20-17)10-22-13(2)18(24)21(8-9-25-3)11-16(22)23/h4-7,13H,8-11H2,1-3H3/t13-/m0/s1. The van der Waals surface area contributed by atoms with Crippen LogP contribution in [-0.4, -0.2) is 64.6 Å². The Morgan fingerprint density at radius 3 is 2.69 bits per heavy atom. The van der Waals surface area contributed by atoms with E-state index >= 15 is 0 Å². The molecule has 1 atom stereocenters. The normalized spacial score (nSPS) is 17.9. The van der Waals surface area contributed by atoms with E-state index in [-0.39, 0.29) is 24.9 Å². The van der Waals surface area contributed by atoms with E-state index in [2.05, 4.69) is 10.1 Å². The maximum absolute atomic E-state index is 12.4. The fraction of sp³-hybridized carbons (Fsp3) is 0.444. The van der Waals surface area contributed by atoms with E-state index in [4.69, 9.17) is 9.26 Å². The summed E-state index contributed by atoms with van der Waals surface area (Å²) in [7, 11) is 1.56. The number of hydrogen-bond acceptors (Lipinski definition) is 6. The van der Waals surface area contributed by atoms with Crippen LogP contribution in [0, 0.1) is 6.92 Å². The lowest BCUT2D eigenvalue weighted by Gasteiger charge is -2.37. The second-order valence-corrected chi connectivity index (χ2v) is 6.33. The number of hydrogen-bond donors (Lipinski definition) is 0. The van der Waals surface area contributed by atoms with Crippen molar-refractivity contribution >= 4 is 11.8 Å². The molecule has 1 aromatic heterocycles. The molecule has 0 bridgehead atoms. The molecular weight excluding hydrogens is 336 g/mol. The number of carbonyl (C=O) groups is 2. The molecule has 0 radical (unpaired) electrons. The van der Waals surface area contributed by atoms with Gasteiger partial charge in [0.2, 0.25) is 23.5 Å². The van der Waals surface area contributed by atoms with Gasteiger partial charge in [-0.25, -0.2) is 0 Å². The number of benzene rings is 1. The average Bonchev–Trinajstić information content (AvgIpc) is 3.10. The van der Waals surface area contributed by atoms with Gasteiger partial charge >= 0.3 is 0 Å². The number of methoxy groups -OCH3 is 1. The van der Waals surface area contributed by atoms with Crippen LogP contribution in [0.3, 0.4) is 0 Å². The van der Waals surface area contributed by atoms with Gasteiger partial charge in [-0.15, -0.1) is 0 Å². The van der Waals surface area contributed by atoms with Gasteiger partial charge in [-0.1, -0.05) is 35.0 Å². The van der Waals surface area contributed by atoms with Crippen molar-refractivity contribution in [3.8, 4) is 11.4 Å². The molecule has 8 heteroatoms. The van der Waals surface area contributed by atoms with Crippen LogP contribution in [0.5, 0.6) is 0 Å². The number of amides is 2. The van der Waals surface area contributed by atoms with Crippen LogP contribution in [0.25, 0.3) is 11.4 Å². The first-order chi connectivity index (χ1) is 12.5. The maximum Gasteiger partial charge on any atom is 0.246 e. The molecule has 8 nitrogen and oxygen atoms in total. The molecule has 0 aliphatic carbocycles. The fourth-order valence-corrected chi connectivity index (χ4v) is 2.85. The zero-order valence-electron chi connectivity index (χ0n) is 15.1. The summed E-state index contributed by atoms with van der Waals surface area (Å²) >= 11 is 0. The topological polar surface area (TPSA) is 88.8 Å². The van der Waals surface area contributed by atoms with Crippen molar-refractivity contribution in [2.24, 2.45) is 0 Å². The number of ether oxygens (including phenoxy) is 1. The molecule has 0 N–H and O–H groups in total. The minimum Gasteiger partial charge on any atom is -0.383 e. The lowest BCUT2D eigenvalue weighted by Crippen LogP contribution is -2.58. The molecule has 2 heterocycles. The lowest BCUT2D eigenvalue weighted by molar-refractivity contribution is -0.156. The lowest BCUT2D eigenvalue weighted by atomic mass is 10.1. The minimum atomic E-state index is -0.581. The summed E-state index contributed by atoms with van der Waals surface area (Å²) in [6, 6.07) is 7.18. The Labute approximate surface area is 151 Å². The highest BCUT2D eigenvalue weighted by Crippen LogP contribution is 2.19. The number of carbonyl (C=O) groups excluding carboxylic acids is 2. The summed E-state index contributed by atoms with van der Waals surface area (Å²) in [4.78, 5) is 32.2. The second kappa shape index (κ2) is 7.65. The Morgan fingerprint density at radius 2 is 2.00 bits per heavy atom. The molecule has 1 aliphatic heterocycles. The number of nitrogens with zero attached hydrogens (tertiary/aromatic N) is 4. The Morgan fingerprint density at radius 1 is 1.27 bits per heavy atom. The molecule has 1 aliphatic rings. The van der Waals surface area contributed by atoms with Gasteiger partial charge in [0.15, 0.2) is 0 Å². The number of aromatic nitrogens is 2. The van der Waals surface area contributed by atoms with Gasteiger partial charge in [0, 0.05) is 19.2 Å². The molecule has 2 amide bonds. The SMILES string of the molecule is COCCN1CC(=O)N(Cc2nc(-c3ccc(C)cc3)no2)[C@@H](C)C1=O. The predicted octanol–water partition coefficient (Wildman–Crippen LogP) is 1.25. The van der Waals surface area contributed by atoms with Crippen molar-refractivity contribution < 1.29 is 18.8 Å². The monoisotopic (exact) mass is 358 g/mol. The van der Waals surface area contributed by atoms with E-state index < -0.39 is 6.04 Å². The summed E-state index contributed by atoms with van der Waals surface area (Å²) in [6.45, 7) is 4.65. The Hall–Kier alpha value is -2.74. The second-order valence-electron chi connectivity index (χ2n) is 6.33. The van der Waals surface area contributed by atoms with Crippen LogP contribution >= 0.6 is 0 Å². The minimum absolute atomic E-state index is 0.0332. The summed E-state index contributed by atoms with van der Waals surface area (Å²) < 4.78 is 10.3. The van der Waals surface area contributed by atoms with Crippen molar-refractivity contribution in [2.75, 3.05) is 26.8 Å². The van der Waals surface area contributed by atoms with Crippen LogP contribution < -0.4 is 0 Å². The van der Waals surface area contributed by atoms with Crippen molar-refractivity contribution in [1.29, 1.82) is 0 Å². The van der Waals surface area contributed by atoms with Crippen molar-refractivity contribution in [3.05, 3.63) is 35.7 Å². The van der Waals surface area contributed by atoms with Gasteiger partial charge in [0.05, 0.1) is 13.2 Å². The van der Waals surface area contributed by atoms with Crippen LogP contribution in [0.1, 0.15) is 18.4 Å². The van der Waals surface area contributed by atoms with Gasteiger partial charge in [-0.05, 0) is 13.8 Å². The summed E-state index contributed by atoms with van der Waals surface area (Å²) in [5.74, 6) is 0.507. The molecule has 0 saturated carbocycles. The molecule has 138 valence electrons. The molecule has 1 fully saturated rings. The van der Waals surface area contributed by atoms with Crippen molar-refractivity contribution in [2.45, 2.75) is 26.4 Å². The zero-order chi connectivity index (χ0) is 18.7. The highest BCUT2D eigenvalue weighted by atomic mass is 16.5. The molecule has 26 heavy (non-hydrogen) atoms. The molecular formula is C18H22N4O4. The maximum atomic E-state index is 12.4. The van der Waals surface area contributed by atoms with E-state index in [0.29, 0.717) is 24.9 Å². The van der Waals surface area contributed by atoms with Gasteiger partial charge in [0.25, 0.3) is 0 Å². The number of rotatable bonds is 6. The van der Waals surface area contributed by atoms with E-state index in [0.717, 1.165) is 11.1 Å². The third kappa shape index (κ3) is 3.75. The van der Waals surface area contributed by atoms with Crippen LogP contribution in [0.4, 0.5) is 0 Å². The quantitative estimate of drug-likeness (QED) is 0.772. The predicted molar refractivity (Wildman–Crippen MR) is 92.9 cm³/mol. The first-order valence-electron chi connectivity index (χ1n) is 8.46. The molecule has 2 aromatic rings. The van der Waals surface area contributed by atoms with Crippen LogP contribution in [-0.2, 0) is 20.9 Å². The highest BCUT2D eigenvalue weighted by Gasteiger charge is 2.37. The largest absolute Gasteiger partial charge is 0.383 e. The number of aryl methyl sites for hydroxylation is 1. The fourth-order valence-electron chi connectivity index (χ4n) is 2.85. The molecule has 3 rings (SSSR count). The Bertz CT molecular complexity index is 787. The average molecular weight is 358 g/mol. The first-order valence-corrected chi connectivity index (χ1v) is 8.46. The first kappa shape index (κ1) is 18.1. The summed E-state index contributed by atoms with van der Waals surface area (Å²) in [5.41, 5.74) is 1.98. The number of piperazine rings is 1. The Kier molecular flexibility index (Phi) is 5.32. The Balaban J connectivity index is 1.70. The zero-order valence-corrected chi connectivity index (χ0v) is 15.1. The molecule has 1 saturated heterocycles. The smallest absolute Gasteiger partial charge is 0.246 e.